The summed E-state index contributed by atoms with van der Waals surface area (Å²) in [5, 5.41) is 2.21. The number of hydrogen-bond donors (Lipinski definition) is 1. The summed E-state index contributed by atoms with van der Waals surface area (Å²) in [6.07, 6.45) is -3.64. The van der Waals surface area contributed by atoms with E-state index in [4.69, 9.17) is 11.6 Å². The summed E-state index contributed by atoms with van der Waals surface area (Å²) in [7, 11) is -2.38. The van der Waals surface area contributed by atoms with Crippen molar-refractivity contribution < 1.29 is 26.4 Å². The summed E-state index contributed by atoms with van der Waals surface area (Å²) in [6.45, 7) is 0. The fourth-order valence-corrected chi connectivity index (χ4v) is 2.79. The smallest absolute Gasteiger partial charge is 0.321 e. The fraction of sp³-hybridized carbons (Fsp3) is 0.188. The summed E-state index contributed by atoms with van der Waals surface area (Å²) < 4.78 is 62.8. The van der Waals surface area contributed by atoms with Crippen LogP contribution in [0.4, 0.5) is 24.5 Å². The summed E-state index contributed by atoms with van der Waals surface area (Å²) in [6, 6.07) is 8.33. The molecule has 0 saturated heterocycles. The largest absolute Gasteiger partial charge is 0.416 e. The first-order chi connectivity index (χ1) is 11.9. The molecule has 140 valence electrons. The Hall–Kier alpha value is -2.26. The minimum Gasteiger partial charge on any atom is -0.321 e. The number of benzene rings is 2. The predicted molar refractivity (Wildman–Crippen MR) is 94.1 cm³/mol. The van der Waals surface area contributed by atoms with E-state index in [0.29, 0.717) is 6.07 Å². The Bertz CT molecular complexity index is 946. The number of halogens is 4. The maximum absolute atomic E-state index is 12.8. The van der Waals surface area contributed by atoms with E-state index in [9.17, 15) is 26.4 Å². The number of sulfonamides is 1. The molecule has 0 fully saturated rings. The molecule has 1 N–H and O–H groups in total. The number of carbonyl (C=O) groups excluding carboxylic acids is 1. The van der Waals surface area contributed by atoms with Crippen molar-refractivity contribution in [2.24, 2.45) is 0 Å². The molecule has 2 aromatic rings. The van der Waals surface area contributed by atoms with Gasteiger partial charge in [-0.15, -0.1) is 0 Å². The monoisotopic (exact) mass is 406 g/mol. The summed E-state index contributed by atoms with van der Waals surface area (Å²) in [4.78, 5) is 12.5. The Morgan fingerprint density at radius 1 is 1.15 bits per heavy atom. The van der Waals surface area contributed by atoms with Crippen LogP contribution in [0.15, 0.2) is 42.5 Å². The van der Waals surface area contributed by atoms with Crippen LogP contribution in [0.5, 0.6) is 0 Å². The molecule has 10 heteroatoms. The zero-order valence-corrected chi connectivity index (χ0v) is 15.2. The van der Waals surface area contributed by atoms with Crippen molar-refractivity contribution in [2.45, 2.75) is 6.18 Å². The van der Waals surface area contributed by atoms with Gasteiger partial charge in [-0.05, 0) is 30.3 Å². The molecule has 0 bridgehead atoms. The second-order valence-electron chi connectivity index (χ2n) is 5.39. The number of anilines is 2. The molecule has 0 heterocycles. The maximum atomic E-state index is 12.8. The van der Waals surface area contributed by atoms with Crippen LogP contribution in [0.2, 0.25) is 5.02 Å². The van der Waals surface area contributed by atoms with E-state index >= 15 is 0 Å². The third-order valence-electron chi connectivity index (χ3n) is 3.53. The van der Waals surface area contributed by atoms with E-state index in [-0.39, 0.29) is 22.0 Å². The van der Waals surface area contributed by atoms with Crippen molar-refractivity contribution >= 4 is 38.9 Å². The first-order valence-corrected chi connectivity index (χ1v) is 9.35. The molecule has 0 unspecified atom stereocenters. The summed E-state index contributed by atoms with van der Waals surface area (Å²) in [5.41, 5.74) is -1.16. The molecule has 2 rings (SSSR count). The van der Waals surface area contributed by atoms with Gasteiger partial charge >= 0.3 is 6.18 Å². The highest BCUT2D eigenvalue weighted by Gasteiger charge is 2.31. The molecule has 0 radical (unpaired) electrons. The van der Waals surface area contributed by atoms with Crippen LogP contribution in [0, 0.1) is 0 Å². The average molecular weight is 407 g/mol. The zero-order chi connectivity index (χ0) is 19.7. The van der Waals surface area contributed by atoms with Gasteiger partial charge in [-0.25, -0.2) is 8.42 Å². The number of nitrogens with zero attached hydrogens (tertiary/aromatic N) is 1. The molecule has 26 heavy (non-hydrogen) atoms. The van der Waals surface area contributed by atoms with E-state index in [1.54, 1.807) is 0 Å². The highest BCUT2D eigenvalue weighted by atomic mass is 35.5. The van der Waals surface area contributed by atoms with Crippen molar-refractivity contribution in [2.75, 3.05) is 22.9 Å². The molecule has 0 aliphatic heterocycles. The fourth-order valence-electron chi connectivity index (χ4n) is 2.11. The normalized spacial score (nSPS) is 11.9. The van der Waals surface area contributed by atoms with Crippen molar-refractivity contribution in [3.8, 4) is 0 Å². The van der Waals surface area contributed by atoms with Crippen LogP contribution in [0.1, 0.15) is 15.9 Å². The number of para-hydroxylation sites is 1. The van der Waals surface area contributed by atoms with Gasteiger partial charge in [0, 0.05) is 7.05 Å². The molecule has 0 aromatic heterocycles. The van der Waals surface area contributed by atoms with E-state index in [2.05, 4.69) is 5.32 Å². The van der Waals surface area contributed by atoms with Crippen LogP contribution in [-0.2, 0) is 16.2 Å². The van der Waals surface area contributed by atoms with Crippen LogP contribution < -0.4 is 9.62 Å². The number of hydrogen-bond acceptors (Lipinski definition) is 3. The lowest BCUT2D eigenvalue weighted by Crippen LogP contribution is -2.27. The first kappa shape index (κ1) is 20.1. The molecule has 5 nitrogen and oxygen atoms in total. The van der Waals surface area contributed by atoms with Gasteiger partial charge in [0.15, 0.2) is 0 Å². The zero-order valence-electron chi connectivity index (χ0n) is 13.6. The first-order valence-electron chi connectivity index (χ1n) is 7.12. The van der Waals surface area contributed by atoms with Gasteiger partial charge in [-0.3, -0.25) is 9.10 Å². The lowest BCUT2D eigenvalue weighted by molar-refractivity contribution is -0.137. The highest BCUT2D eigenvalue weighted by molar-refractivity contribution is 7.92. The Morgan fingerprint density at radius 3 is 2.35 bits per heavy atom. The Labute approximate surface area is 153 Å². The van der Waals surface area contributed by atoms with Gasteiger partial charge in [0.25, 0.3) is 5.91 Å². The number of alkyl halides is 3. The van der Waals surface area contributed by atoms with Gasteiger partial charge < -0.3 is 5.32 Å². The number of carbonyl (C=O) groups is 1. The number of rotatable bonds is 4. The number of amides is 1. The quantitative estimate of drug-likeness (QED) is 0.834. The predicted octanol–water partition coefficient (Wildman–Crippen LogP) is 4.01. The summed E-state index contributed by atoms with van der Waals surface area (Å²) in [5.74, 6) is -0.794. The van der Waals surface area contributed by atoms with Gasteiger partial charge in [0.05, 0.1) is 33.8 Å². The minimum absolute atomic E-state index is 0.0334. The molecule has 0 atom stereocenters. The SMILES string of the molecule is CN(c1ccccc1C(=O)Nc1cc(C(F)(F)F)ccc1Cl)S(C)(=O)=O. The lowest BCUT2D eigenvalue weighted by Gasteiger charge is -2.20. The van der Waals surface area contributed by atoms with Gasteiger partial charge in [0.2, 0.25) is 10.0 Å². The second-order valence-corrected chi connectivity index (χ2v) is 7.82. The van der Waals surface area contributed by atoms with E-state index < -0.39 is 27.7 Å². The third kappa shape index (κ3) is 4.47. The maximum Gasteiger partial charge on any atom is 0.416 e. The van der Waals surface area contributed by atoms with Gasteiger partial charge in [-0.1, -0.05) is 23.7 Å². The third-order valence-corrected chi connectivity index (χ3v) is 5.05. The van der Waals surface area contributed by atoms with E-state index in [1.165, 1.54) is 31.3 Å². The van der Waals surface area contributed by atoms with Crippen molar-refractivity contribution in [3.63, 3.8) is 0 Å². The Balaban J connectivity index is 2.41. The Morgan fingerprint density at radius 2 is 1.77 bits per heavy atom. The molecular formula is C16H14ClF3N2O3S. The topological polar surface area (TPSA) is 66.5 Å². The number of nitrogens with one attached hydrogen (secondary N) is 1. The average Bonchev–Trinajstić information content (AvgIpc) is 2.54. The lowest BCUT2D eigenvalue weighted by atomic mass is 10.1. The molecule has 0 aliphatic rings. The van der Waals surface area contributed by atoms with Crippen LogP contribution >= 0.6 is 11.6 Å². The second kappa shape index (κ2) is 7.16. The van der Waals surface area contributed by atoms with Crippen LogP contribution in [0.3, 0.4) is 0 Å². The van der Waals surface area contributed by atoms with Crippen LogP contribution in [0.25, 0.3) is 0 Å². The van der Waals surface area contributed by atoms with Crippen molar-refractivity contribution in [3.05, 3.63) is 58.6 Å². The molecule has 0 aliphatic carbocycles. The standard InChI is InChI=1S/C16H14ClF3N2O3S/c1-22(26(2,24)25)14-6-4-3-5-11(14)15(23)21-13-9-10(16(18,19)20)7-8-12(13)17/h3-9H,1-2H3,(H,21,23). The molecule has 0 spiro atoms. The van der Waals surface area contributed by atoms with Gasteiger partial charge in [0.1, 0.15) is 0 Å². The van der Waals surface area contributed by atoms with Crippen molar-refractivity contribution in [1.82, 2.24) is 0 Å². The molecule has 1 amide bonds. The molecule has 0 saturated carbocycles. The van der Waals surface area contributed by atoms with Gasteiger partial charge in [-0.2, -0.15) is 13.2 Å². The molecule has 2 aromatic carbocycles. The highest BCUT2D eigenvalue weighted by Crippen LogP contribution is 2.34. The van der Waals surface area contributed by atoms with E-state index in [0.717, 1.165) is 22.7 Å². The summed E-state index contributed by atoms with van der Waals surface area (Å²) >= 11 is 5.86. The van der Waals surface area contributed by atoms with E-state index in [1.807, 2.05) is 0 Å². The Kier molecular flexibility index (Phi) is 5.52. The van der Waals surface area contributed by atoms with Crippen LogP contribution in [-0.4, -0.2) is 27.6 Å². The molecular weight excluding hydrogens is 393 g/mol. The van der Waals surface area contributed by atoms with Crippen molar-refractivity contribution in [1.29, 1.82) is 0 Å². The minimum atomic E-state index is -4.60.